The van der Waals surface area contributed by atoms with E-state index in [1.807, 2.05) is 0 Å². The molecule has 4 unspecified atom stereocenters. The number of piperazine rings is 1. The molecular weight excluding hydrogens is 246 g/mol. The first-order chi connectivity index (χ1) is 9.64. The van der Waals surface area contributed by atoms with Gasteiger partial charge in [0.15, 0.2) is 0 Å². The van der Waals surface area contributed by atoms with Crippen LogP contribution in [0, 0.1) is 11.8 Å². The molecule has 20 heavy (non-hydrogen) atoms. The molecule has 0 aromatic heterocycles. The Hall–Kier alpha value is -0.120. The summed E-state index contributed by atoms with van der Waals surface area (Å²) in [6.07, 6.45) is 8.25. The van der Waals surface area contributed by atoms with Gasteiger partial charge in [-0.1, -0.05) is 20.3 Å². The smallest absolute Gasteiger partial charge is 0.0335 e. The molecule has 0 radical (unpaired) electrons. The fraction of sp³-hybridized carbons (Fsp3) is 1.00. The molecule has 3 nitrogen and oxygen atoms in total. The normalized spacial score (nSPS) is 44.2. The average molecular weight is 279 g/mol. The number of hydrogen-bond acceptors (Lipinski definition) is 3. The van der Waals surface area contributed by atoms with Gasteiger partial charge in [-0.25, -0.2) is 0 Å². The second-order valence-electron chi connectivity index (χ2n) is 7.76. The summed E-state index contributed by atoms with van der Waals surface area (Å²) in [6, 6.07) is 0.815. The van der Waals surface area contributed by atoms with E-state index in [1.165, 1.54) is 64.7 Å². The molecular formula is C17H33N3. The fourth-order valence-corrected chi connectivity index (χ4v) is 4.87. The van der Waals surface area contributed by atoms with E-state index < -0.39 is 0 Å². The SMILES string of the molecule is CC1CCC(CN)(N2CCN3CCCCC3C2)CC1C. The lowest BCUT2D eigenvalue weighted by atomic mass is 9.70. The minimum Gasteiger partial charge on any atom is -0.329 e. The number of nitrogens with two attached hydrogens (primary N) is 1. The first-order valence-corrected chi connectivity index (χ1v) is 8.84. The van der Waals surface area contributed by atoms with E-state index in [4.69, 9.17) is 5.73 Å². The lowest BCUT2D eigenvalue weighted by Crippen LogP contribution is -2.65. The second-order valence-corrected chi connectivity index (χ2v) is 7.76. The zero-order valence-electron chi connectivity index (χ0n) is 13.5. The third-order valence-corrected chi connectivity index (χ3v) is 6.63. The van der Waals surface area contributed by atoms with Crippen molar-refractivity contribution < 1.29 is 0 Å². The van der Waals surface area contributed by atoms with Crippen molar-refractivity contribution >= 4 is 0 Å². The van der Waals surface area contributed by atoms with E-state index in [-0.39, 0.29) is 0 Å². The predicted octanol–water partition coefficient (Wildman–Crippen LogP) is 2.31. The van der Waals surface area contributed by atoms with Crippen LogP contribution in [0.15, 0.2) is 0 Å². The molecule has 3 aliphatic rings. The lowest BCUT2D eigenvalue weighted by Gasteiger charge is -2.54. The highest BCUT2D eigenvalue weighted by Crippen LogP contribution is 2.40. The molecule has 2 saturated heterocycles. The molecule has 2 aliphatic heterocycles. The third-order valence-electron chi connectivity index (χ3n) is 6.63. The minimum absolute atomic E-state index is 0.315. The monoisotopic (exact) mass is 279 g/mol. The molecule has 4 atom stereocenters. The van der Waals surface area contributed by atoms with Gasteiger partial charge in [0.25, 0.3) is 0 Å². The highest BCUT2D eigenvalue weighted by atomic mass is 15.3. The van der Waals surface area contributed by atoms with Gasteiger partial charge in [-0.15, -0.1) is 0 Å². The molecule has 3 fully saturated rings. The van der Waals surface area contributed by atoms with E-state index >= 15 is 0 Å². The van der Waals surface area contributed by atoms with Gasteiger partial charge in [0.2, 0.25) is 0 Å². The van der Waals surface area contributed by atoms with Crippen molar-refractivity contribution in [2.24, 2.45) is 17.6 Å². The molecule has 1 saturated carbocycles. The second kappa shape index (κ2) is 5.94. The number of piperidine rings is 1. The van der Waals surface area contributed by atoms with Crippen LogP contribution in [0.25, 0.3) is 0 Å². The number of fused-ring (bicyclic) bond motifs is 1. The van der Waals surface area contributed by atoms with Crippen LogP contribution in [0.2, 0.25) is 0 Å². The molecule has 0 aromatic rings. The maximum absolute atomic E-state index is 6.29. The fourth-order valence-electron chi connectivity index (χ4n) is 4.87. The molecule has 3 heteroatoms. The summed E-state index contributed by atoms with van der Waals surface area (Å²) >= 11 is 0. The summed E-state index contributed by atoms with van der Waals surface area (Å²) in [5.41, 5.74) is 6.60. The Balaban J connectivity index is 1.70. The summed E-state index contributed by atoms with van der Waals surface area (Å²) in [5.74, 6) is 1.71. The Labute approximate surface area is 124 Å². The van der Waals surface area contributed by atoms with Gasteiger partial charge >= 0.3 is 0 Å². The standard InChI is InChI=1S/C17H33N3/c1-14-6-7-17(13-18,11-15(14)2)20-10-9-19-8-4-3-5-16(19)12-20/h14-16H,3-13,18H2,1-2H3. The Morgan fingerprint density at radius 2 is 1.90 bits per heavy atom. The van der Waals surface area contributed by atoms with Gasteiger partial charge in [0.05, 0.1) is 0 Å². The van der Waals surface area contributed by atoms with Crippen LogP contribution in [0.3, 0.4) is 0 Å². The maximum atomic E-state index is 6.29. The summed E-state index contributed by atoms with van der Waals surface area (Å²) in [5, 5.41) is 0. The van der Waals surface area contributed by atoms with Crippen molar-refractivity contribution in [1.29, 1.82) is 0 Å². The summed E-state index contributed by atoms with van der Waals surface area (Å²) in [6.45, 7) is 10.8. The molecule has 0 spiro atoms. The first-order valence-electron chi connectivity index (χ1n) is 8.84. The Kier molecular flexibility index (Phi) is 4.40. The van der Waals surface area contributed by atoms with Gasteiger partial charge in [-0.2, -0.15) is 0 Å². The molecule has 1 aliphatic carbocycles. The van der Waals surface area contributed by atoms with Gasteiger partial charge in [-0.05, 0) is 50.5 Å². The molecule has 0 bridgehead atoms. The Morgan fingerprint density at radius 3 is 2.65 bits per heavy atom. The van der Waals surface area contributed by atoms with E-state index in [2.05, 4.69) is 23.6 Å². The van der Waals surface area contributed by atoms with Crippen LogP contribution in [-0.2, 0) is 0 Å². The zero-order valence-corrected chi connectivity index (χ0v) is 13.5. The Morgan fingerprint density at radius 1 is 1.05 bits per heavy atom. The quantitative estimate of drug-likeness (QED) is 0.842. The van der Waals surface area contributed by atoms with Crippen molar-refractivity contribution in [3.8, 4) is 0 Å². The maximum Gasteiger partial charge on any atom is 0.0335 e. The number of hydrogen-bond donors (Lipinski definition) is 1. The third kappa shape index (κ3) is 2.65. The summed E-state index contributed by atoms with van der Waals surface area (Å²) in [4.78, 5) is 5.53. The predicted molar refractivity (Wildman–Crippen MR) is 84.7 cm³/mol. The Bertz CT molecular complexity index is 332. The molecule has 0 amide bonds. The topological polar surface area (TPSA) is 32.5 Å². The van der Waals surface area contributed by atoms with Crippen LogP contribution in [0.1, 0.15) is 52.4 Å². The van der Waals surface area contributed by atoms with Crippen molar-refractivity contribution in [2.75, 3.05) is 32.7 Å². The van der Waals surface area contributed by atoms with Gasteiger partial charge in [0.1, 0.15) is 0 Å². The first kappa shape index (κ1) is 14.8. The van der Waals surface area contributed by atoms with Crippen LogP contribution in [-0.4, -0.2) is 54.1 Å². The van der Waals surface area contributed by atoms with Gasteiger partial charge in [-0.3, -0.25) is 9.80 Å². The van der Waals surface area contributed by atoms with Crippen LogP contribution in [0.5, 0.6) is 0 Å². The molecule has 3 rings (SSSR count). The number of nitrogens with zero attached hydrogens (tertiary/aromatic N) is 2. The largest absolute Gasteiger partial charge is 0.329 e. The van der Waals surface area contributed by atoms with Gasteiger partial charge in [0, 0.05) is 37.8 Å². The molecule has 2 N–H and O–H groups in total. The van der Waals surface area contributed by atoms with E-state index in [0.29, 0.717) is 5.54 Å². The van der Waals surface area contributed by atoms with Crippen molar-refractivity contribution in [3.05, 3.63) is 0 Å². The van der Waals surface area contributed by atoms with Crippen LogP contribution < -0.4 is 5.73 Å². The summed E-state index contributed by atoms with van der Waals surface area (Å²) < 4.78 is 0. The molecule has 0 aromatic carbocycles. The van der Waals surface area contributed by atoms with Crippen molar-refractivity contribution in [1.82, 2.24) is 9.80 Å². The summed E-state index contributed by atoms with van der Waals surface area (Å²) in [7, 11) is 0. The highest BCUT2D eigenvalue weighted by Gasteiger charge is 2.44. The lowest BCUT2D eigenvalue weighted by molar-refractivity contribution is -0.0415. The molecule has 2 heterocycles. The molecule has 116 valence electrons. The highest BCUT2D eigenvalue weighted by molar-refractivity contribution is 5.00. The van der Waals surface area contributed by atoms with Gasteiger partial charge < -0.3 is 5.73 Å². The minimum atomic E-state index is 0.315. The number of rotatable bonds is 2. The average Bonchev–Trinajstić information content (AvgIpc) is 2.50. The van der Waals surface area contributed by atoms with Crippen LogP contribution >= 0.6 is 0 Å². The van der Waals surface area contributed by atoms with E-state index in [9.17, 15) is 0 Å². The van der Waals surface area contributed by atoms with E-state index in [0.717, 1.165) is 24.4 Å². The van der Waals surface area contributed by atoms with Crippen molar-refractivity contribution in [2.45, 2.75) is 64.0 Å². The van der Waals surface area contributed by atoms with E-state index in [1.54, 1.807) is 0 Å². The van der Waals surface area contributed by atoms with Crippen LogP contribution in [0.4, 0.5) is 0 Å². The zero-order chi connectivity index (χ0) is 14.2. The van der Waals surface area contributed by atoms with Crippen molar-refractivity contribution in [3.63, 3.8) is 0 Å².